The van der Waals surface area contributed by atoms with Gasteiger partial charge in [-0.3, -0.25) is 4.79 Å². The molecule has 1 amide bonds. The van der Waals surface area contributed by atoms with E-state index in [9.17, 15) is 4.79 Å². The second kappa shape index (κ2) is 4.15. The van der Waals surface area contributed by atoms with E-state index in [-0.39, 0.29) is 11.9 Å². The molecule has 1 unspecified atom stereocenters. The average Bonchev–Trinajstić information content (AvgIpc) is 2.94. The molecule has 3 nitrogen and oxygen atoms in total. The van der Waals surface area contributed by atoms with Crippen LogP contribution in [0.15, 0.2) is 24.3 Å². The van der Waals surface area contributed by atoms with Gasteiger partial charge in [0, 0.05) is 12.2 Å². The van der Waals surface area contributed by atoms with Crippen molar-refractivity contribution < 1.29 is 4.79 Å². The van der Waals surface area contributed by atoms with Crippen LogP contribution in [-0.2, 0) is 11.2 Å². The lowest BCUT2D eigenvalue weighted by Gasteiger charge is -2.21. The van der Waals surface area contributed by atoms with Crippen LogP contribution in [0.2, 0.25) is 0 Å². The standard InChI is InChI=1S/C14H18N2O/c1-10-8-12(15-9-10)14(17)16-7-6-11-4-2-3-5-13(11)16/h2-5,10,12,15H,6-9H2,1H3/t10?,12-/m0/s1. The summed E-state index contributed by atoms with van der Waals surface area (Å²) in [7, 11) is 0. The number of amides is 1. The molecule has 1 aromatic rings. The van der Waals surface area contributed by atoms with Gasteiger partial charge in [0.15, 0.2) is 0 Å². The monoisotopic (exact) mass is 230 g/mol. The topological polar surface area (TPSA) is 32.3 Å². The van der Waals surface area contributed by atoms with Gasteiger partial charge in [-0.2, -0.15) is 0 Å². The molecular formula is C14H18N2O. The zero-order valence-corrected chi connectivity index (χ0v) is 10.1. The minimum atomic E-state index is 0.0242. The first-order valence-corrected chi connectivity index (χ1v) is 6.38. The van der Waals surface area contributed by atoms with Crippen LogP contribution in [0.4, 0.5) is 5.69 Å². The van der Waals surface area contributed by atoms with Gasteiger partial charge in [-0.25, -0.2) is 0 Å². The number of hydrogen-bond donors (Lipinski definition) is 1. The fraction of sp³-hybridized carbons (Fsp3) is 0.500. The number of carbonyl (C=O) groups is 1. The molecule has 2 heterocycles. The molecule has 0 saturated carbocycles. The zero-order chi connectivity index (χ0) is 11.8. The van der Waals surface area contributed by atoms with E-state index in [1.54, 1.807) is 0 Å². The summed E-state index contributed by atoms with van der Waals surface area (Å²) in [6, 6.07) is 8.25. The van der Waals surface area contributed by atoms with Gasteiger partial charge in [0.2, 0.25) is 5.91 Å². The van der Waals surface area contributed by atoms with E-state index in [0.717, 1.165) is 31.6 Å². The minimum Gasteiger partial charge on any atom is -0.310 e. The van der Waals surface area contributed by atoms with Crippen LogP contribution in [0.5, 0.6) is 0 Å². The third kappa shape index (κ3) is 1.84. The molecule has 1 saturated heterocycles. The molecule has 90 valence electrons. The molecule has 0 spiro atoms. The maximum absolute atomic E-state index is 12.4. The highest BCUT2D eigenvalue weighted by Gasteiger charge is 2.33. The number of carbonyl (C=O) groups excluding carboxylic acids is 1. The van der Waals surface area contributed by atoms with Crippen molar-refractivity contribution in [2.24, 2.45) is 5.92 Å². The largest absolute Gasteiger partial charge is 0.310 e. The fourth-order valence-corrected chi connectivity index (χ4v) is 2.86. The van der Waals surface area contributed by atoms with E-state index in [0.29, 0.717) is 5.92 Å². The number of hydrogen-bond acceptors (Lipinski definition) is 2. The second-order valence-electron chi connectivity index (χ2n) is 5.17. The smallest absolute Gasteiger partial charge is 0.244 e. The van der Waals surface area contributed by atoms with E-state index >= 15 is 0 Å². The number of nitrogens with one attached hydrogen (secondary N) is 1. The normalized spacial score (nSPS) is 27.2. The first-order chi connectivity index (χ1) is 8.25. The van der Waals surface area contributed by atoms with Crippen molar-refractivity contribution in [1.82, 2.24) is 5.32 Å². The zero-order valence-electron chi connectivity index (χ0n) is 10.1. The van der Waals surface area contributed by atoms with Crippen LogP contribution in [-0.4, -0.2) is 25.0 Å². The first kappa shape index (κ1) is 10.8. The van der Waals surface area contributed by atoms with Crippen molar-refractivity contribution in [3.63, 3.8) is 0 Å². The molecule has 3 heteroatoms. The van der Waals surface area contributed by atoms with Gasteiger partial charge < -0.3 is 10.2 Å². The van der Waals surface area contributed by atoms with Crippen LogP contribution < -0.4 is 10.2 Å². The number of nitrogens with zero attached hydrogens (tertiary/aromatic N) is 1. The maximum atomic E-state index is 12.4. The Kier molecular flexibility index (Phi) is 2.63. The van der Waals surface area contributed by atoms with E-state index in [4.69, 9.17) is 0 Å². The Morgan fingerprint density at radius 3 is 3.00 bits per heavy atom. The summed E-state index contributed by atoms with van der Waals surface area (Å²) in [6.07, 6.45) is 1.96. The highest BCUT2D eigenvalue weighted by molar-refractivity contribution is 5.99. The van der Waals surface area contributed by atoms with Gasteiger partial charge in [0.25, 0.3) is 0 Å². The SMILES string of the molecule is CC1CN[C@H](C(=O)N2CCc3ccccc32)C1. The van der Waals surface area contributed by atoms with Gasteiger partial charge in [0.05, 0.1) is 6.04 Å². The molecule has 3 rings (SSSR count). The Bertz CT molecular complexity index is 444. The van der Waals surface area contributed by atoms with Crippen LogP contribution in [0.3, 0.4) is 0 Å². The van der Waals surface area contributed by atoms with Crippen LogP contribution in [0.1, 0.15) is 18.9 Å². The van der Waals surface area contributed by atoms with Crippen molar-refractivity contribution in [1.29, 1.82) is 0 Å². The number of benzene rings is 1. The van der Waals surface area contributed by atoms with E-state index in [1.807, 2.05) is 17.0 Å². The molecule has 1 aromatic carbocycles. The number of para-hydroxylation sites is 1. The lowest BCUT2D eigenvalue weighted by molar-refractivity contribution is -0.120. The molecule has 2 atom stereocenters. The van der Waals surface area contributed by atoms with Crippen LogP contribution in [0, 0.1) is 5.92 Å². The van der Waals surface area contributed by atoms with E-state index in [1.165, 1.54) is 5.56 Å². The van der Waals surface area contributed by atoms with Crippen molar-refractivity contribution in [2.45, 2.75) is 25.8 Å². The molecule has 0 aliphatic carbocycles. The Hall–Kier alpha value is -1.35. The van der Waals surface area contributed by atoms with Crippen molar-refractivity contribution in [3.05, 3.63) is 29.8 Å². The van der Waals surface area contributed by atoms with Gasteiger partial charge in [0.1, 0.15) is 0 Å². The van der Waals surface area contributed by atoms with Gasteiger partial charge in [-0.05, 0) is 36.9 Å². The lowest BCUT2D eigenvalue weighted by Crippen LogP contribution is -2.42. The predicted octanol–water partition coefficient (Wildman–Crippen LogP) is 1.57. The quantitative estimate of drug-likeness (QED) is 0.794. The van der Waals surface area contributed by atoms with E-state index < -0.39 is 0 Å². The molecule has 0 bridgehead atoms. The molecular weight excluding hydrogens is 212 g/mol. The highest BCUT2D eigenvalue weighted by atomic mass is 16.2. The minimum absolute atomic E-state index is 0.0242. The van der Waals surface area contributed by atoms with Crippen molar-refractivity contribution >= 4 is 11.6 Å². The summed E-state index contributed by atoms with van der Waals surface area (Å²) in [5.41, 5.74) is 2.41. The Balaban J connectivity index is 1.80. The average molecular weight is 230 g/mol. The third-order valence-electron chi connectivity index (χ3n) is 3.80. The fourth-order valence-electron chi connectivity index (χ4n) is 2.86. The molecule has 1 N–H and O–H groups in total. The molecule has 0 aromatic heterocycles. The number of rotatable bonds is 1. The molecule has 17 heavy (non-hydrogen) atoms. The first-order valence-electron chi connectivity index (χ1n) is 6.38. The number of anilines is 1. The molecule has 2 aliphatic rings. The van der Waals surface area contributed by atoms with E-state index in [2.05, 4.69) is 24.4 Å². The summed E-state index contributed by atoms with van der Waals surface area (Å²) < 4.78 is 0. The Morgan fingerprint density at radius 2 is 2.24 bits per heavy atom. The second-order valence-corrected chi connectivity index (χ2v) is 5.17. The number of fused-ring (bicyclic) bond motifs is 1. The molecule has 0 radical (unpaired) electrons. The Morgan fingerprint density at radius 1 is 1.41 bits per heavy atom. The lowest BCUT2D eigenvalue weighted by atomic mass is 10.1. The molecule has 2 aliphatic heterocycles. The van der Waals surface area contributed by atoms with Crippen molar-refractivity contribution in [3.8, 4) is 0 Å². The summed E-state index contributed by atoms with van der Waals surface area (Å²) >= 11 is 0. The third-order valence-corrected chi connectivity index (χ3v) is 3.80. The Labute approximate surface area is 102 Å². The summed E-state index contributed by atoms with van der Waals surface area (Å²) in [5, 5.41) is 3.32. The summed E-state index contributed by atoms with van der Waals surface area (Å²) in [5.74, 6) is 0.862. The summed E-state index contributed by atoms with van der Waals surface area (Å²) in [6.45, 7) is 3.99. The van der Waals surface area contributed by atoms with Crippen molar-refractivity contribution in [2.75, 3.05) is 18.0 Å². The summed E-state index contributed by atoms with van der Waals surface area (Å²) in [4.78, 5) is 14.4. The maximum Gasteiger partial charge on any atom is 0.244 e. The predicted molar refractivity (Wildman–Crippen MR) is 68.1 cm³/mol. The molecule has 1 fully saturated rings. The van der Waals surface area contributed by atoms with Gasteiger partial charge >= 0.3 is 0 Å². The van der Waals surface area contributed by atoms with Gasteiger partial charge in [-0.15, -0.1) is 0 Å². The van der Waals surface area contributed by atoms with Crippen LogP contribution in [0.25, 0.3) is 0 Å². The highest BCUT2D eigenvalue weighted by Crippen LogP contribution is 2.29. The van der Waals surface area contributed by atoms with Crippen LogP contribution >= 0.6 is 0 Å². The van der Waals surface area contributed by atoms with Gasteiger partial charge in [-0.1, -0.05) is 25.1 Å².